The summed E-state index contributed by atoms with van der Waals surface area (Å²) in [5.41, 5.74) is 24.3. The highest BCUT2D eigenvalue weighted by molar-refractivity contribution is 7.26. The van der Waals surface area contributed by atoms with Crippen LogP contribution in [0.5, 0.6) is 0 Å². The van der Waals surface area contributed by atoms with Crippen LogP contribution in [0.15, 0.2) is 393 Å². The van der Waals surface area contributed by atoms with Crippen LogP contribution in [0.3, 0.4) is 0 Å². The van der Waals surface area contributed by atoms with Crippen LogP contribution in [0, 0.1) is 0 Å². The lowest BCUT2D eigenvalue weighted by Gasteiger charge is -2.14. The van der Waals surface area contributed by atoms with Crippen LogP contribution in [0.25, 0.3) is 229 Å². The monoisotopic (exact) mass is 1440 g/mol. The lowest BCUT2D eigenvalue weighted by Crippen LogP contribution is -1.93. The molecule has 24 rings (SSSR count). The second-order valence-corrected chi connectivity index (χ2v) is 30.5. The molecule has 24 aromatic rings. The molecule has 5 nitrogen and oxygen atoms in total. The molecule has 0 saturated carbocycles. The van der Waals surface area contributed by atoms with E-state index in [2.05, 4.69) is 397 Å². The van der Waals surface area contributed by atoms with Crippen LogP contribution in [0.4, 0.5) is 0 Å². The second-order valence-electron chi connectivity index (χ2n) is 29.4. The number of nitrogens with zero attached hydrogens (tertiary/aromatic N) is 4. The maximum Gasteiger partial charge on any atom is 0.137 e. The number of para-hydroxylation sites is 4. The van der Waals surface area contributed by atoms with Gasteiger partial charge < -0.3 is 13.6 Å². The van der Waals surface area contributed by atoms with Crippen molar-refractivity contribution < 1.29 is 4.42 Å². The van der Waals surface area contributed by atoms with Crippen LogP contribution in [0.2, 0.25) is 0 Å². The van der Waals surface area contributed by atoms with E-state index in [9.17, 15) is 0 Å². The molecule has 0 N–H and O–H groups in total. The van der Waals surface area contributed by atoms with Crippen molar-refractivity contribution in [2.24, 2.45) is 0 Å². The molecule has 6 heteroatoms. The first-order valence-electron chi connectivity index (χ1n) is 38.2. The molecule has 18 aromatic carbocycles. The zero-order valence-corrected chi connectivity index (χ0v) is 61.4. The van der Waals surface area contributed by atoms with Gasteiger partial charge in [-0.2, -0.15) is 0 Å². The summed E-state index contributed by atoms with van der Waals surface area (Å²) in [6.45, 7) is 0. The number of aromatic nitrogens is 4. The van der Waals surface area contributed by atoms with Crippen molar-refractivity contribution in [2.45, 2.75) is 0 Å². The SMILES string of the molecule is c1ccc(-n2c3ccccc3c3cc(-c4cccc(-c5cc(-c6cccc7ccccc67)c6ccc7oc8cc9ccccc9cc8c7c6n5)c4)ccc32)cc1.c1ccc(-n2c3ccccc3c3ccc(-c4ccc(-c5cc(-c6cccc7ccccc67)c6ccc7sc8cc9ccccc9cc8c7c6n5)cc4)cc32)cc1. The highest BCUT2D eigenvalue weighted by Crippen LogP contribution is 2.47. The van der Waals surface area contributed by atoms with Gasteiger partial charge in [0.05, 0.1) is 49.9 Å². The molecule has 0 radical (unpaired) electrons. The number of hydrogen-bond acceptors (Lipinski definition) is 4. The highest BCUT2D eigenvalue weighted by Gasteiger charge is 2.23. The van der Waals surface area contributed by atoms with Gasteiger partial charge in [0, 0.05) is 80.4 Å². The first kappa shape index (κ1) is 63.5. The summed E-state index contributed by atoms with van der Waals surface area (Å²) in [6.07, 6.45) is 0. The van der Waals surface area contributed by atoms with Crippen LogP contribution < -0.4 is 0 Å². The molecule has 0 unspecified atom stereocenters. The Balaban J connectivity index is 0.000000134. The molecule has 0 fully saturated rings. The number of pyridine rings is 2. The Labute approximate surface area is 647 Å². The van der Waals surface area contributed by atoms with Gasteiger partial charge in [-0.05, 0) is 203 Å². The van der Waals surface area contributed by atoms with Gasteiger partial charge in [0.2, 0.25) is 0 Å². The smallest absolute Gasteiger partial charge is 0.137 e. The Kier molecular flexibility index (Phi) is 14.5. The van der Waals surface area contributed by atoms with Gasteiger partial charge in [0.15, 0.2) is 0 Å². The van der Waals surface area contributed by atoms with Crippen molar-refractivity contribution in [1.29, 1.82) is 0 Å². The standard InChI is InChI=1S/C53H32N2O.C53H32N2S/c1-2-18-39(19-3-1)55-48-23-9-8-21-42(48)45-29-37(24-26-49(45)55)34-16-10-17-38(28-34)47-32-44(41-22-11-15-33-12-6-7-20-40(33)41)43-25-27-50-52(53(43)54-47)46-30-35-13-4-5-14-36(35)31-51(46)56-50;1-2-15-39(16-3-1)55-48-20-9-8-18-42(48)43-26-25-38(30-49(43)55)33-21-23-35(24-22-33)47-32-45(41-19-10-14-34-11-6-7-17-40(34)41)44-27-28-50-52(53(44)54-47)46-29-36-12-4-5-13-37(36)31-51(46)56-50/h2*1-32H. The average molecular weight is 1440 g/mol. The lowest BCUT2D eigenvalue weighted by molar-refractivity contribution is 0.669. The second kappa shape index (κ2) is 25.5. The minimum Gasteiger partial charge on any atom is -0.456 e. The number of rotatable bonds is 8. The normalized spacial score (nSPS) is 11.9. The summed E-state index contributed by atoms with van der Waals surface area (Å²) in [4.78, 5) is 11.1. The number of hydrogen-bond donors (Lipinski definition) is 0. The highest BCUT2D eigenvalue weighted by atomic mass is 32.1. The van der Waals surface area contributed by atoms with E-state index in [1.54, 1.807) is 0 Å². The van der Waals surface area contributed by atoms with Crippen LogP contribution >= 0.6 is 11.3 Å². The zero-order chi connectivity index (χ0) is 73.5. The Morgan fingerprint density at radius 3 is 1.32 bits per heavy atom. The Hall–Kier alpha value is -14.6. The summed E-state index contributed by atoms with van der Waals surface area (Å²) in [5, 5.41) is 21.6. The Morgan fingerprint density at radius 2 is 0.661 bits per heavy atom. The zero-order valence-electron chi connectivity index (χ0n) is 60.6. The van der Waals surface area contributed by atoms with Gasteiger partial charge in [0.1, 0.15) is 11.2 Å². The molecule has 0 saturated heterocycles. The van der Waals surface area contributed by atoms with Gasteiger partial charge in [-0.15, -0.1) is 11.3 Å². The Morgan fingerprint density at radius 1 is 0.214 bits per heavy atom. The predicted molar refractivity (Wildman–Crippen MR) is 475 cm³/mol. The van der Waals surface area contributed by atoms with Crippen molar-refractivity contribution in [2.75, 3.05) is 0 Å². The van der Waals surface area contributed by atoms with Crippen molar-refractivity contribution in [1.82, 2.24) is 19.1 Å². The number of fused-ring (bicyclic) bond motifs is 20. The third-order valence-electron chi connectivity index (χ3n) is 23.1. The van der Waals surface area contributed by atoms with Crippen molar-refractivity contribution in [3.63, 3.8) is 0 Å². The van der Waals surface area contributed by atoms with Gasteiger partial charge in [0.25, 0.3) is 0 Å². The minimum atomic E-state index is 0.841. The largest absolute Gasteiger partial charge is 0.456 e. The van der Waals surface area contributed by atoms with Crippen molar-refractivity contribution in [3.05, 3.63) is 388 Å². The molecule has 0 spiro atoms. The predicted octanol–water partition coefficient (Wildman–Crippen LogP) is 29.5. The number of thiophene rings is 1. The molecule has 112 heavy (non-hydrogen) atoms. The summed E-state index contributed by atoms with van der Waals surface area (Å²) < 4.78 is 13.9. The molecule has 520 valence electrons. The van der Waals surface area contributed by atoms with E-state index in [0.717, 1.165) is 88.8 Å². The molecule has 6 heterocycles. The van der Waals surface area contributed by atoms with E-state index in [1.165, 1.54) is 140 Å². The minimum absolute atomic E-state index is 0.841. The maximum atomic E-state index is 6.56. The van der Waals surface area contributed by atoms with E-state index in [1.807, 2.05) is 11.3 Å². The third-order valence-corrected chi connectivity index (χ3v) is 24.2. The van der Waals surface area contributed by atoms with Gasteiger partial charge >= 0.3 is 0 Å². The van der Waals surface area contributed by atoms with Crippen molar-refractivity contribution in [3.8, 4) is 78.4 Å². The van der Waals surface area contributed by atoms with Crippen LogP contribution in [-0.2, 0) is 0 Å². The van der Waals surface area contributed by atoms with E-state index in [4.69, 9.17) is 14.4 Å². The van der Waals surface area contributed by atoms with Crippen molar-refractivity contribution >= 4 is 162 Å². The maximum absolute atomic E-state index is 6.56. The first-order chi connectivity index (χ1) is 55.5. The topological polar surface area (TPSA) is 48.8 Å². The first-order valence-corrected chi connectivity index (χ1v) is 39.0. The van der Waals surface area contributed by atoms with Gasteiger partial charge in [-0.1, -0.05) is 273 Å². The summed E-state index contributed by atoms with van der Waals surface area (Å²) in [5.74, 6) is 0. The molecule has 0 aliphatic carbocycles. The molecule has 0 bridgehead atoms. The fraction of sp³-hybridized carbons (Fsp3) is 0. The third kappa shape index (κ3) is 10.3. The fourth-order valence-electron chi connectivity index (χ4n) is 17.8. The lowest BCUT2D eigenvalue weighted by atomic mass is 9.92. The van der Waals surface area contributed by atoms with E-state index in [-0.39, 0.29) is 0 Å². The van der Waals surface area contributed by atoms with Gasteiger partial charge in [-0.25, -0.2) is 9.97 Å². The fourth-order valence-corrected chi connectivity index (χ4v) is 19.0. The van der Waals surface area contributed by atoms with E-state index >= 15 is 0 Å². The van der Waals surface area contributed by atoms with Crippen LogP contribution in [-0.4, -0.2) is 19.1 Å². The average Bonchev–Trinajstić information content (AvgIpc) is 1.54. The molecular weight excluding hydrogens is 1380 g/mol. The molecule has 6 aromatic heterocycles. The number of benzene rings is 18. The van der Waals surface area contributed by atoms with Gasteiger partial charge in [-0.3, -0.25) is 0 Å². The molecule has 0 atom stereocenters. The van der Waals surface area contributed by atoms with E-state index < -0.39 is 0 Å². The summed E-state index contributed by atoms with van der Waals surface area (Å²) in [7, 11) is 0. The number of furan rings is 1. The Bertz CT molecular complexity index is 7990. The molecular formula is C106H64N4OS. The quantitative estimate of drug-likeness (QED) is 0.152. The van der Waals surface area contributed by atoms with E-state index in [0.29, 0.717) is 0 Å². The summed E-state index contributed by atoms with van der Waals surface area (Å²) >= 11 is 1.86. The molecule has 0 amide bonds. The van der Waals surface area contributed by atoms with Crippen LogP contribution in [0.1, 0.15) is 0 Å². The molecule has 0 aliphatic rings. The molecule has 0 aliphatic heterocycles. The summed E-state index contributed by atoms with van der Waals surface area (Å²) in [6, 6.07) is 141.